The van der Waals surface area contributed by atoms with Crippen molar-refractivity contribution in [1.82, 2.24) is 5.32 Å². The van der Waals surface area contributed by atoms with Gasteiger partial charge in [0.05, 0.1) is 6.67 Å². The van der Waals surface area contributed by atoms with Crippen molar-refractivity contribution in [3.63, 3.8) is 0 Å². The van der Waals surface area contributed by atoms with Gasteiger partial charge in [-0.15, -0.1) is 0 Å². The zero-order chi connectivity index (χ0) is 8.74. The first-order chi connectivity index (χ1) is 5.12. The monoisotopic (exact) mass is 225 g/mol. The predicted octanol–water partition coefficient (Wildman–Crippen LogP) is 2.50. The Hall–Kier alpha value is 0.370. The van der Waals surface area contributed by atoms with Gasteiger partial charge in [0.25, 0.3) is 0 Å². The molecule has 0 aromatic rings. The average Bonchev–Trinajstić information content (AvgIpc) is 1.87. The van der Waals surface area contributed by atoms with Gasteiger partial charge in [0.15, 0.2) is 0 Å². The highest BCUT2D eigenvalue weighted by Gasteiger charge is 2.14. The summed E-state index contributed by atoms with van der Waals surface area (Å²) in [6.07, 6.45) is 1.69. The molecule has 3 heteroatoms. The predicted molar refractivity (Wildman–Crippen MR) is 51.1 cm³/mol. The molecule has 0 spiro atoms. The van der Waals surface area contributed by atoms with Crippen LogP contribution < -0.4 is 5.32 Å². The molecule has 0 heterocycles. The number of hydrogen-bond acceptors (Lipinski definition) is 1. The van der Waals surface area contributed by atoms with Gasteiger partial charge in [-0.25, -0.2) is 0 Å². The molecule has 0 aliphatic heterocycles. The minimum absolute atomic E-state index is 0.138. The van der Waals surface area contributed by atoms with Gasteiger partial charge in [-0.2, -0.15) is 0 Å². The van der Waals surface area contributed by atoms with Crippen molar-refractivity contribution >= 4 is 15.9 Å². The Labute approximate surface area is 76.9 Å². The van der Waals surface area contributed by atoms with Crippen molar-refractivity contribution < 1.29 is 4.39 Å². The molecule has 0 bridgehead atoms. The number of nitrogens with one attached hydrogen (secondary N) is 1. The SMILES string of the molecule is CC(C)(CCBr)NCCCF. The molecule has 0 unspecified atom stereocenters. The quantitative estimate of drug-likeness (QED) is 0.542. The van der Waals surface area contributed by atoms with E-state index in [0.717, 1.165) is 18.3 Å². The van der Waals surface area contributed by atoms with Gasteiger partial charge in [-0.1, -0.05) is 15.9 Å². The highest BCUT2D eigenvalue weighted by molar-refractivity contribution is 9.09. The van der Waals surface area contributed by atoms with Gasteiger partial charge < -0.3 is 5.32 Å². The molecule has 0 aromatic carbocycles. The molecule has 0 aliphatic carbocycles. The van der Waals surface area contributed by atoms with Crippen molar-refractivity contribution in [2.24, 2.45) is 0 Å². The van der Waals surface area contributed by atoms with Crippen molar-refractivity contribution in [1.29, 1.82) is 0 Å². The van der Waals surface area contributed by atoms with Crippen molar-refractivity contribution in [2.75, 3.05) is 18.5 Å². The lowest BCUT2D eigenvalue weighted by atomic mass is 10.0. The third-order valence-corrected chi connectivity index (χ3v) is 2.03. The summed E-state index contributed by atoms with van der Waals surface area (Å²) in [5.74, 6) is 0. The molecule has 0 aromatic heterocycles. The summed E-state index contributed by atoms with van der Waals surface area (Å²) in [7, 11) is 0. The zero-order valence-corrected chi connectivity index (χ0v) is 8.88. The van der Waals surface area contributed by atoms with Gasteiger partial charge in [-0.05, 0) is 33.2 Å². The van der Waals surface area contributed by atoms with Gasteiger partial charge in [-0.3, -0.25) is 4.39 Å². The topological polar surface area (TPSA) is 12.0 Å². The fraction of sp³-hybridized carbons (Fsp3) is 1.00. The average molecular weight is 226 g/mol. The lowest BCUT2D eigenvalue weighted by molar-refractivity contribution is 0.361. The third-order valence-electron chi connectivity index (χ3n) is 1.63. The summed E-state index contributed by atoms with van der Waals surface area (Å²) in [5, 5.41) is 4.28. The first-order valence-electron chi connectivity index (χ1n) is 3.99. The van der Waals surface area contributed by atoms with E-state index < -0.39 is 0 Å². The van der Waals surface area contributed by atoms with Crippen LogP contribution in [0.25, 0.3) is 0 Å². The molecule has 0 fully saturated rings. The summed E-state index contributed by atoms with van der Waals surface area (Å²) in [6, 6.07) is 0. The van der Waals surface area contributed by atoms with E-state index >= 15 is 0 Å². The van der Waals surface area contributed by atoms with Crippen molar-refractivity contribution in [3.05, 3.63) is 0 Å². The number of halogens is 2. The van der Waals surface area contributed by atoms with Crippen molar-refractivity contribution in [2.45, 2.75) is 32.2 Å². The second-order valence-corrected chi connectivity index (χ2v) is 4.09. The molecule has 0 atom stereocenters. The van der Waals surface area contributed by atoms with E-state index in [9.17, 15) is 4.39 Å². The smallest absolute Gasteiger partial charge is 0.0906 e. The van der Waals surface area contributed by atoms with Crippen molar-refractivity contribution in [3.8, 4) is 0 Å². The van der Waals surface area contributed by atoms with E-state index in [4.69, 9.17) is 0 Å². The Morgan fingerprint density at radius 1 is 1.45 bits per heavy atom. The molecule has 1 N–H and O–H groups in total. The van der Waals surface area contributed by atoms with Crippen LogP contribution >= 0.6 is 15.9 Å². The van der Waals surface area contributed by atoms with Gasteiger partial charge in [0.2, 0.25) is 0 Å². The molecular formula is C8H17BrFN. The summed E-state index contributed by atoms with van der Waals surface area (Å²) in [6.45, 7) is 4.81. The van der Waals surface area contributed by atoms with Crippen LogP contribution in [-0.2, 0) is 0 Å². The number of alkyl halides is 2. The van der Waals surface area contributed by atoms with Crippen LogP contribution in [0.3, 0.4) is 0 Å². The molecule has 0 amide bonds. The van der Waals surface area contributed by atoms with E-state index in [0.29, 0.717) is 6.42 Å². The van der Waals surface area contributed by atoms with Crippen LogP contribution in [0.5, 0.6) is 0 Å². The first-order valence-corrected chi connectivity index (χ1v) is 5.11. The summed E-state index contributed by atoms with van der Waals surface area (Å²) in [4.78, 5) is 0. The second kappa shape index (κ2) is 5.95. The van der Waals surface area contributed by atoms with E-state index in [1.807, 2.05) is 0 Å². The zero-order valence-electron chi connectivity index (χ0n) is 7.29. The highest BCUT2D eigenvalue weighted by Crippen LogP contribution is 2.09. The van der Waals surface area contributed by atoms with Gasteiger partial charge in [0.1, 0.15) is 0 Å². The minimum atomic E-state index is -0.225. The van der Waals surface area contributed by atoms with Crippen LogP contribution in [0.15, 0.2) is 0 Å². The lowest BCUT2D eigenvalue weighted by Crippen LogP contribution is -2.40. The molecule has 0 aliphatic rings. The Kier molecular flexibility index (Phi) is 6.15. The maximum absolute atomic E-state index is 11.7. The standard InChI is InChI=1S/C8H17BrFN/c1-8(2,4-5-9)11-7-3-6-10/h11H,3-7H2,1-2H3. The lowest BCUT2D eigenvalue weighted by Gasteiger charge is -2.25. The first kappa shape index (κ1) is 11.4. The van der Waals surface area contributed by atoms with Crippen LogP contribution in [-0.4, -0.2) is 24.1 Å². The molecule has 11 heavy (non-hydrogen) atoms. The van der Waals surface area contributed by atoms with Gasteiger partial charge in [0, 0.05) is 10.9 Å². The fourth-order valence-corrected chi connectivity index (χ4v) is 1.81. The molecule has 68 valence electrons. The van der Waals surface area contributed by atoms with E-state index in [1.165, 1.54) is 0 Å². The van der Waals surface area contributed by atoms with Gasteiger partial charge >= 0.3 is 0 Å². The molecular weight excluding hydrogens is 209 g/mol. The summed E-state index contributed by atoms with van der Waals surface area (Å²) in [5.41, 5.74) is 0.138. The maximum Gasteiger partial charge on any atom is 0.0906 e. The Morgan fingerprint density at radius 3 is 2.55 bits per heavy atom. The largest absolute Gasteiger partial charge is 0.312 e. The summed E-state index contributed by atoms with van der Waals surface area (Å²) >= 11 is 3.38. The van der Waals surface area contributed by atoms with Crippen LogP contribution in [0.4, 0.5) is 4.39 Å². The highest BCUT2D eigenvalue weighted by atomic mass is 79.9. The Morgan fingerprint density at radius 2 is 2.09 bits per heavy atom. The number of hydrogen-bond donors (Lipinski definition) is 1. The van der Waals surface area contributed by atoms with E-state index in [-0.39, 0.29) is 12.2 Å². The molecule has 0 saturated carbocycles. The van der Waals surface area contributed by atoms with Crippen LogP contribution in [0.2, 0.25) is 0 Å². The molecule has 0 radical (unpaired) electrons. The Bertz CT molecular complexity index is 96.1. The van der Waals surface area contributed by atoms with E-state index in [1.54, 1.807) is 0 Å². The van der Waals surface area contributed by atoms with Crippen LogP contribution in [0.1, 0.15) is 26.7 Å². The van der Waals surface area contributed by atoms with E-state index in [2.05, 4.69) is 35.1 Å². The third kappa shape index (κ3) is 6.76. The Balaban J connectivity index is 3.38. The van der Waals surface area contributed by atoms with Crippen LogP contribution in [0, 0.1) is 0 Å². The normalized spacial score (nSPS) is 12.0. The second-order valence-electron chi connectivity index (χ2n) is 3.29. The molecule has 0 saturated heterocycles. The minimum Gasteiger partial charge on any atom is -0.312 e. The maximum atomic E-state index is 11.7. The molecule has 1 nitrogen and oxygen atoms in total. The number of rotatable bonds is 6. The molecule has 0 rings (SSSR count). The fourth-order valence-electron chi connectivity index (χ4n) is 0.818. The summed E-state index contributed by atoms with van der Waals surface area (Å²) < 4.78 is 11.7.